The minimum atomic E-state index is -0.548. The molecule has 0 aliphatic heterocycles. The zero-order chi connectivity index (χ0) is 15.2. The van der Waals surface area contributed by atoms with E-state index in [4.69, 9.17) is 5.11 Å². The molecule has 0 spiro atoms. The van der Waals surface area contributed by atoms with Crippen LogP contribution in [-0.4, -0.2) is 17.6 Å². The van der Waals surface area contributed by atoms with Gasteiger partial charge in [-0.3, -0.25) is 4.79 Å². The number of benzene rings is 1. The molecule has 0 radical (unpaired) electrons. The Kier molecular flexibility index (Phi) is 5.51. The zero-order valence-corrected chi connectivity index (χ0v) is 13.2. The van der Waals surface area contributed by atoms with E-state index >= 15 is 0 Å². The molecule has 3 nitrogen and oxygen atoms in total. The SMILES string of the molecule is O=C(Nc1ccc(C#CCCO)cc1F)c1csc(Br)c1. The van der Waals surface area contributed by atoms with Crippen molar-refractivity contribution in [3.05, 3.63) is 50.4 Å². The lowest BCUT2D eigenvalue weighted by Crippen LogP contribution is -2.12. The smallest absolute Gasteiger partial charge is 0.256 e. The molecule has 0 saturated carbocycles. The van der Waals surface area contributed by atoms with Gasteiger partial charge in [-0.05, 0) is 40.2 Å². The molecule has 0 unspecified atom stereocenters. The monoisotopic (exact) mass is 367 g/mol. The maximum Gasteiger partial charge on any atom is 0.256 e. The fraction of sp³-hybridized carbons (Fsp3) is 0.133. The van der Waals surface area contributed by atoms with Gasteiger partial charge in [-0.25, -0.2) is 4.39 Å². The van der Waals surface area contributed by atoms with E-state index in [2.05, 4.69) is 33.1 Å². The van der Waals surface area contributed by atoms with Gasteiger partial charge < -0.3 is 10.4 Å². The van der Waals surface area contributed by atoms with Crippen molar-refractivity contribution in [2.24, 2.45) is 0 Å². The molecule has 2 rings (SSSR count). The molecule has 0 aliphatic rings. The van der Waals surface area contributed by atoms with Crippen LogP contribution in [0.2, 0.25) is 0 Å². The highest BCUT2D eigenvalue weighted by atomic mass is 79.9. The van der Waals surface area contributed by atoms with Crippen molar-refractivity contribution in [1.29, 1.82) is 0 Å². The lowest BCUT2D eigenvalue weighted by atomic mass is 10.2. The first-order chi connectivity index (χ1) is 10.1. The van der Waals surface area contributed by atoms with E-state index in [1.54, 1.807) is 17.5 Å². The second-order valence-corrected chi connectivity index (χ2v) is 6.35. The molecule has 1 aromatic heterocycles. The molecular weight excluding hydrogens is 357 g/mol. The molecule has 0 saturated heterocycles. The van der Waals surface area contributed by atoms with Crippen molar-refractivity contribution in [3.63, 3.8) is 0 Å². The number of thiophene rings is 1. The molecule has 2 N–H and O–H groups in total. The zero-order valence-electron chi connectivity index (χ0n) is 10.8. The number of carbonyl (C=O) groups excluding carboxylic acids is 1. The highest BCUT2D eigenvalue weighted by Crippen LogP contribution is 2.22. The predicted octanol–water partition coefficient (Wildman–Crippen LogP) is 3.64. The van der Waals surface area contributed by atoms with Crippen LogP contribution >= 0.6 is 27.3 Å². The summed E-state index contributed by atoms with van der Waals surface area (Å²) in [4.78, 5) is 11.9. The van der Waals surface area contributed by atoms with Crippen molar-refractivity contribution in [2.75, 3.05) is 11.9 Å². The third kappa shape index (κ3) is 4.39. The summed E-state index contributed by atoms with van der Waals surface area (Å²) in [7, 11) is 0. The highest BCUT2D eigenvalue weighted by molar-refractivity contribution is 9.11. The van der Waals surface area contributed by atoms with Gasteiger partial charge in [0, 0.05) is 17.4 Å². The molecule has 0 fully saturated rings. The number of halogens is 2. The maximum absolute atomic E-state index is 13.9. The summed E-state index contributed by atoms with van der Waals surface area (Å²) in [6.07, 6.45) is 0.340. The number of nitrogens with one attached hydrogen (secondary N) is 1. The van der Waals surface area contributed by atoms with Crippen LogP contribution in [0.5, 0.6) is 0 Å². The molecule has 0 atom stereocenters. The number of hydrogen-bond acceptors (Lipinski definition) is 3. The van der Waals surface area contributed by atoms with Crippen LogP contribution in [0.25, 0.3) is 0 Å². The molecule has 2 aromatic rings. The fourth-order valence-electron chi connectivity index (χ4n) is 1.54. The quantitative estimate of drug-likeness (QED) is 0.813. The molecule has 0 aliphatic carbocycles. The second kappa shape index (κ2) is 7.36. The number of aliphatic hydroxyl groups is 1. The highest BCUT2D eigenvalue weighted by Gasteiger charge is 2.11. The Morgan fingerprint density at radius 1 is 1.43 bits per heavy atom. The van der Waals surface area contributed by atoms with Crippen LogP contribution in [0, 0.1) is 17.7 Å². The Morgan fingerprint density at radius 3 is 2.86 bits per heavy atom. The summed E-state index contributed by atoms with van der Waals surface area (Å²) < 4.78 is 14.7. The average molecular weight is 368 g/mol. The van der Waals surface area contributed by atoms with E-state index < -0.39 is 5.82 Å². The Morgan fingerprint density at radius 2 is 2.24 bits per heavy atom. The maximum atomic E-state index is 13.9. The molecule has 108 valence electrons. The lowest BCUT2D eigenvalue weighted by molar-refractivity contribution is 0.102. The van der Waals surface area contributed by atoms with Crippen molar-refractivity contribution in [1.82, 2.24) is 0 Å². The number of amides is 1. The summed E-state index contributed by atoms with van der Waals surface area (Å²) in [6.45, 7) is -0.0280. The number of aliphatic hydroxyl groups excluding tert-OH is 1. The molecule has 21 heavy (non-hydrogen) atoms. The molecule has 0 bridgehead atoms. The van der Waals surface area contributed by atoms with Gasteiger partial charge in [-0.1, -0.05) is 11.8 Å². The molecule has 1 aromatic carbocycles. The van der Waals surface area contributed by atoms with Gasteiger partial charge in [0.15, 0.2) is 0 Å². The van der Waals surface area contributed by atoms with E-state index in [-0.39, 0.29) is 18.2 Å². The van der Waals surface area contributed by atoms with Crippen LogP contribution in [0.1, 0.15) is 22.3 Å². The largest absolute Gasteiger partial charge is 0.395 e. The van der Waals surface area contributed by atoms with Gasteiger partial charge in [-0.2, -0.15) is 0 Å². The third-order valence-electron chi connectivity index (χ3n) is 2.52. The molecular formula is C15H11BrFNO2S. The third-order valence-corrected chi connectivity index (χ3v) is 4.02. The van der Waals surface area contributed by atoms with Crippen LogP contribution in [0.4, 0.5) is 10.1 Å². The second-order valence-electron chi connectivity index (χ2n) is 4.06. The number of anilines is 1. The topological polar surface area (TPSA) is 49.3 Å². The normalized spacial score (nSPS) is 9.86. The summed E-state index contributed by atoms with van der Waals surface area (Å²) in [5.74, 6) is 4.53. The first-order valence-electron chi connectivity index (χ1n) is 6.05. The minimum absolute atomic E-state index is 0.0280. The fourth-order valence-corrected chi connectivity index (χ4v) is 2.67. The van der Waals surface area contributed by atoms with Gasteiger partial charge >= 0.3 is 0 Å². The lowest BCUT2D eigenvalue weighted by Gasteiger charge is -2.05. The Hall–Kier alpha value is -1.68. The number of hydrogen-bond donors (Lipinski definition) is 2. The minimum Gasteiger partial charge on any atom is -0.395 e. The van der Waals surface area contributed by atoms with Crippen LogP contribution in [-0.2, 0) is 0 Å². The standard InChI is InChI=1S/C15H11BrFNO2S/c16-14-8-11(9-21-14)15(20)18-13-5-4-10(7-12(13)17)3-1-2-6-19/h4-5,7-9,19H,2,6H2,(H,18,20). The summed E-state index contributed by atoms with van der Waals surface area (Å²) in [5.41, 5.74) is 1.07. The first-order valence-corrected chi connectivity index (χ1v) is 7.72. The van der Waals surface area contributed by atoms with Crippen LogP contribution in [0.3, 0.4) is 0 Å². The summed E-state index contributed by atoms with van der Waals surface area (Å²) in [6, 6.07) is 6.01. The van der Waals surface area contributed by atoms with Gasteiger partial charge in [0.25, 0.3) is 5.91 Å². The Labute approximate surface area is 133 Å². The van der Waals surface area contributed by atoms with Crippen molar-refractivity contribution < 1.29 is 14.3 Å². The van der Waals surface area contributed by atoms with Gasteiger partial charge in [0.2, 0.25) is 0 Å². The van der Waals surface area contributed by atoms with E-state index in [9.17, 15) is 9.18 Å². The van der Waals surface area contributed by atoms with Crippen LogP contribution < -0.4 is 5.32 Å². The Balaban J connectivity index is 2.11. The first kappa shape index (κ1) is 15.7. The Bertz CT molecular complexity index is 718. The number of carbonyl (C=O) groups is 1. The van der Waals surface area contributed by atoms with Crippen molar-refractivity contribution in [2.45, 2.75) is 6.42 Å². The van der Waals surface area contributed by atoms with E-state index in [0.717, 1.165) is 3.79 Å². The predicted molar refractivity (Wildman–Crippen MR) is 85.0 cm³/mol. The summed E-state index contributed by atoms with van der Waals surface area (Å²) >= 11 is 4.66. The van der Waals surface area contributed by atoms with Crippen molar-refractivity contribution >= 4 is 38.9 Å². The molecule has 1 heterocycles. The number of rotatable bonds is 3. The summed E-state index contributed by atoms with van der Waals surface area (Å²) in [5, 5.41) is 12.8. The van der Waals surface area contributed by atoms with Crippen LogP contribution in [0.15, 0.2) is 33.4 Å². The average Bonchev–Trinajstić information content (AvgIpc) is 2.89. The molecule has 1 amide bonds. The van der Waals surface area contributed by atoms with Gasteiger partial charge in [0.1, 0.15) is 5.82 Å². The van der Waals surface area contributed by atoms with E-state index in [1.165, 1.54) is 23.5 Å². The van der Waals surface area contributed by atoms with E-state index in [1.807, 2.05) is 0 Å². The van der Waals surface area contributed by atoms with Crippen molar-refractivity contribution in [3.8, 4) is 11.8 Å². The van der Waals surface area contributed by atoms with Gasteiger partial charge in [0.05, 0.1) is 21.6 Å². The van der Waals surface area contributed by atoms with E-state index in [0.29, 0.717) is 17.5 Å². The molecule has 6 heteroatoms. The van der Waals surface area contributed by atoms with Gasteiger partial charge in [-0.15, -0.1) is 11.3 Å².